The second-order valence-corrected chi connectivity index (χ2v) is 7.37. The maximum absolute atomic E-state index is 13.2. The molecule has 7 heteroatoms. The Hall–Kier alpha value is -1.86. The number of amides is 2. The average molecular weight is 393 g/mol. The van der Waals surface area contributed by atoms with Crippen LogP contribution < -0.4 is 10.2 Å². The minimum Gasteiger partial charge on any atom is -0.323 e. The van der Waals surface area contributed by atoms with Gasteiger partial charge in [0.1, 0.15) is 5.82 Å². The summed E-state index contributed by atoms with van der Waals surface area (Å²) in [5, 5.41) is 2.84. The highest BCUT2D eigenvalue weighted by atomic mass is 79.9. The van der Waals surface area contributed by atoms with E-state index in [1.807, 2.05) is 12.1 Å². The lowest BCUT2D eigenvalue weighted by molar-refractivity contribution is -0.122. The van der Waals surface area contributed by atoms with Crippen molar-refractivity contribution in [2.45, 2.75) is 4.87 Å². The van der Waals surface area contributed by atoms with Crippen LogP contribution in [0.3, 0.4) is 0 Å². The van der Waals surface area contributed by atoms with Gasteiger partial charge in [0.15, 0.2) is 0 Å². The monoisotopic (exact) mass is 392 g/mol. The molecule has 2 aromatic carbocycles. The van der Waals surface area contributed by atoms with Gasteiger partial charge in [0.05, 0.1) is 5.75 Å². The minimum atomic E-state index is -1.14. The standard InChI is InChI=1S/C16H10BrFN2O2S/c17-9-1-6-13-12(7-9)16(15(22)19-13)20(14(21)8-23-16)11-4-2-10(18)3-5-11/h1-7H,8H2,(H,19,22). The summed E-state index contributed by atoms with van der Waals surface area (Å²) in [5.74, 6) is -0.631. The van der Waals surface area contributed by atoms with Crippen LogP contribution in [-0.2, 0) is 14.5 Å². The van der Waals surface area contributed by atoms with Crippen LogP contribution in [0.4, 0.5) is 15.8 Å². The highest BCUT2D eigenvalue weighted by Crippen LogP contribution is 2.54. The van der Waals surface area contributed by atoms with E-state index in [4.69, 9.17) is 0 Å². The van der Waals surface area contributed by atoms with E-state index in [-0.39, 0.29) is 23.4 Å². The fraction of sp³-hybridized carbons (Fsp3) is 0.125. The Morgan fingerprint density at radius 2 is 1.91 bits per heavy atom. The van der Waals surface area contributed by atoms with Crippen molar-refractivity contribution in [2.24, 2.45) is 0 Å². The largest absolute Gasteiger partial charge is 0.323 e. The van der Waals surface area contributed by atoms with Crippen molar-refractivity contribution < 1.29 is 14.0 Å². The second-order valence-electron chi connectivity index (χ2n) is 5.28. The smallest absolute Gasteiger partial charge is 0.266 e. The molecule has 2 aliphatic rings. The lowest BCUT2D eigenvalue weighted by atomic mass is 10.0. The summed E-state index contributed by atoms with van der Waals surface area (Å²) < 4.78 is 14.0. The Labute approximate surface area is 144 Å². The van der Waals surface area contributed by atoms with E-state index >= 15 is 0 Å². The minimum absolute atomic E-state index is 0.176. The van der Waals surface area contributed by atoms with Crippen LogP contribution in [0.15, 0.2) is 46.9 Å². The van der Waals surface area contributed by atoms with Gasteiger partial charge in [-0.15, -0.1) is 11.8 Å². The molecular weight excluding hydrogens is 383 g/mol. The molecule has 1 unspecified atom stereocenters. The third-order valence-corrected chi connectivity index (χ3v) is 5.85. The van der Waals surface area contributed by atoms with E-state index in [2.05, 4.69) is 21.2 Å². The van der Waals surface area contributed by atoms with Crippen LogP contribution in [0.1, 0.15) is 5.56 Å². The van der Waals surface area contributed by atoms with Gasteiger partial charge in [-0.2, -0.15) is 0 Å². The Morgan fingerprint density at radius 3 is 2.65 bits per heavy atom. The molecule has 0 saturated carbocycles. The van der Waals surface area contributed by atoms with Crippen molar-refractivity contribution in [1.82, 2.24) is 0 Å². The lowest BCUT2D eigenvalue weighted by Gasteiger charge is -2.32. The number of hydrogen-bond acceptors (Lipinski definition) is 3. The van der Waals surface area contributed by atoms with Crippen LogP contribution in [0, 0.1) is 5.82 Å². The van der Waals surface area contributed by atoms with Crippen LogP contribution in [0.2, 0.25) is 0 Å². The molecule has 0 bridgehead atoms. The number of rotatable bonds is 1. The molecule has 2 aromatic rings. The summed E-state index contributed by atoms with van der Waals surface area (Å²) in [4.78, 5) is 25.5. The Morgan fingerprint density at radius 1 is 1.17 bits per heavy atom. The summed E-state index contributed by atoms with van der Waals surface area (Å²) >= 11 is 4.69. The van der Waals surface area contributed by atoms with Crippen molar-refractivity contribution in [3.63, 3.8) is 0 Å². The highest BCUT2D eigenvalue weighted by Gasteiger charge is 2.58. The van der Waals surface area contributed by atoms with Gasteiger partial charge in [0.25, 0.3) is 5.91 Å². The van der Waals surface area contributed by atoms with Crippen LogP contribution in [0.5, 0.6) is 0 Å². The van der Waals surface area contributed by atoms with Crippen molar-refractivity contribution in [3.05, 3.63) is 58.3 Å². The average Bonchev–Trinajstić information content (AvgIpc) is 3.01. The fourth-order valence-corrected chi connectivity index (χ4v) is 4.65. The molecule has 0 aliphatic carbocycles. The summed E-state index contributed by atoms with van der Waals surface area (Å²) in [6.07, 6.45) is 0. The molecule has 4 rings (SSSR count). The molecule has 4 nitrogen and oxygen atoms in total. The van der Waals surface area contributed by atoms with Gasteiger partial charge in [-0.3, -0.25) is 14.5 Å². The maximum Gasteiger partial charge on any atom is 0.266 e. The molecule has 1 N–H and O–H groups in total. The molecule has 23 heavy (non-hydrogen) atoms. The molecule has 2 heterocycles. The number of nitrogens with zero attached hydrogens (tertiary/aromatic N) is 1. The van der Waals surface area contributed by atoms with Gasteiger partial charge in [-0.05, 0) is 42.5 Å². The zero-order chi connectivity index (χ0) is 16.2. The van der Waals surface area contributed by atoms with Crippen LogP contribution >= 0.6 is 27.7 Å². The van der Waals surface area contributed by atoms with Crippen molar-refractivity contribution in [2.75, 3.05) is 16.0 Å². The summed E-state index contributed by atoms with van der Waals surface area (Å²) in [7, 11) is 0. The first-order valence-corrected chi connectivity index (χ1v) is 8.64. The fourth-order valence-electron chi connectivity index (χ4n) is 2.99. The molecule has 1 atom stereocenters. The normalized spacial score (nSPS) is 22.6. The Bertz CT molecular complexity index is 842. The molecule has 2 amide bonds. The van der Waals surface area contributed by atoms with Crippen LogP contribution in [-0.4, -0.2) is 17.6 Å². The van der Waals surface area contributed by atoms with Gasteiger partial charge in [0.2, 0.25) is 10.8 Å². The van der Waals surface area contributed by atoms with Crippen molar-refractivity contribution in [1.29, 1.82) is 0 Å². The number of benzene rings is 2. The van der Waals surface area contributed by atoms with Crippen LogP contribution in [0.25, 0.3) is 0 Å². The number of nitrogens with one attached hydrogen (secondary N) is 1. The molecule has 2 aliphatic heterocycles. The zero-order valence-corrected chi connectivity index (χ0v) is 14.1. The molecule has 0 radical (unpaired) electrons. The molecule has 116 valence electrons. The van der Waals surface area contributed by atoms with Gasteiger partial charge >= 0.3 is 0 Å². The number of halogens is 2. The van der Waals surface area contributed by atoms with Gasteiger partial charge < -0.3 is 5.32 Å². The molecule has 0 aromatic heterocycles. The SMILES string of the molecule is O=C1CSC2(C(=O)Nc3ccc(Br)cc32)N1c1ccc(F)cc1. The van der Waals surface area contributed by atoms with Gasteiger partial charge in [-0.25, -0.2) is 4.39 Å². The lowest BCUT2D eigenvalue weighted by Crippen LogP contribution is -2.47. The summed E-state index contributed by atoms with van der Waals surface area (Å²) in [6.45, 7) is 0. The number of hydrogen-bond donors (Lipinski definition) is 1. The molecule has 1 fully saturated rings. The Balaban J connectivity index is 1.93. The maximum atomic E-state index is 13.2. The molecular formula is C16H10BrFN2O2S. The van der Waals surface area contributed by atoms with Gasteiger partial charge in [0, 0.05) is 21.4 Å². The van der Waals surface area contributed by atoms with E-state index in [0.717, 1.165) is 10.0 Å². The first-order valence-electron chi connectivity index (χ1n) is 6.86. The summed E-state index contributed by atoms with van der Waals surface area (Å²) in [6, 6.07) is 11.1. The Kier molecular flexibility index (Phi) is 3.24. The van der Waals surface area contributed by atoms with E-state index in [9.17, 15) is 14.0 Å². The predicted octanol–water partition coefficient (Wildman–Crippen LogP) is 3.47. The number of thioether (sulfide) groups is 1. The topological polar surface area (TPSA) is 49.4 Å². The molecule has 1 spiro atoms. The van der Waals surface area contributed by atoms with E-state index < -0.39 is 4.87 Å². The van der Waals surface area contributed by atoms with E-state index in [1.165, 1.54) is 40.9 Å². The third-order valence-electron chi connectivity index (χ3n) is 3.96. The second kappa shape index (κ2) is 5.07. The van der Waals surface area contributed by atoms with Crippen molar-refractivity contribution >= 4 is 50.9 Å². The quantitative estimate of drug-likeness (QED) is 0.807. The number of carbonyl (C=O) groups is 2. The first-order chi connectivity index (χ1) is 11.0. The van der Waals surface area contributed by atoms with Crippen molar-refractivity contribution in [3.8, 4) is 0 Å². The van der Waals surface area contributed by atoms with Gasteiger partial charge in [-0.1, -0.05) is 15.9 Å². The predicted molar refractivity (Wildman–Crippen MR) is 90.8 cm³/mol. The van der Waals surface area contributed by atoms with E-state index in [1.54, 1.807) is 6.07 Å². The zero-order valence-electron chi connectivity index (χ0n) is 11.7. The number of carbonyl (C=O) groups excluding carboxylic acids is 2. The third kappa shape index (κ3) is 2.03. The van der Waals surface area contributed by atoms with E-state index in [0.29, 0.717) is 11.4 Å². The first kappa shape index (κ1) is 14.7. The number of fused-ring (bicyclic) bond motifs is 2. The number of anilines is 2. The highest BCUT2D eigenvalue weighted by molar-refractivity contribution is 9.10. The molecule has 1 saturated heterocycles. The summed E-state index contributed by atoms with van der Waals surface area (Å²) in [5.41, 5.74) is 1.92.